The molecule has 0 saturated carbocycles. The fraction of sp³-hybridized carbons (Fsp3) is 0.500. The van der Waals surface area contributed by atoms with Gasteiger partial charge < -0.3 is 14.7 Å². The molecule has 1 saturated heterocycles. The van der Waals surface area contributed by atoms with Gasteiger partial charge in [0.05, 0.1) is 18.9 Å². The van der Waals surface area contributed by atoms with Gasteiger partial charge in [0.1, 0.15) is 17.3 Å². The topological polar surface area (TPSA) is 73.2 Å². The maximum absolute atomic E-state index is 8.98. The summed E-state index contributed by atoms with van der Waals surface area (Å²) in [5, 5.41) is 13.5. The number of hydrogen-bond acceptors (Lipinski definition) is 7. The summed E-state index contributed by atoms with van der Waals surface area (Å²) in [5.41, 5.74) is 4.76. The van der Waals surface area contributed by atoms with Crippen LogP contribution in [0, 0.1) is 0 Å². The zero-order valence-corrected chi connectivity index (χ0v) is 13.2. The van der Waals surface area contributed by atoms with Crippen LogP contribution in [0.4, 0.5) is 0 Å². The van der Waals surface area contributed by atoms with Crippen molar-refractivity contribution in [1.29, 1.82) is 0 Å². The van der Waals surface area contributed by atoms with E-state index in [1.165, 1.54) is 0 Å². The zero-order chi connectivity index (χ0) is 16.1. The summed E-state index contributed by atoms with van der Waals surface area (Å²) in [4.78, 5) is 8.77. The third kappa shape index (κ3) is 3.80. The van der Waals surface area contributed by atoms with E-state index in [-0.39, 0.29) is 6.61 Å². The van der Waals surface area contributed by atoms with Crippen molar-refractivity contribution in [2.75, 3.05) is 45.9 Å². The maximum Gasteiger partial charge on any atom is 0.146 e. The number of pyridine rings is 1. The number of aromatic nitrogens is 1. The molecule has 1 aromatic rings. The zero-order valence-electron chi connectivity index (χ0n) is 13.2. The van der Waals surface area contributed by atoms with Gasteiger partial charge in [-0.25, -0.2) is 0 Å². The number of hydrogen-bond donors (Lipinski definition) is 2. The number of aliphatic hydroxyl groups is 1. The van der Waals surface area contributed by atoms with Gasteiger partial charge in [-0.2, -0.15) is 5.10 Å². The normalized spacial score (nSPS) is 20.0. The van der Waals surface area contributed by atoms with Crippen molar-refractivity contribution < 1.29 is 9.84 Å². The first kappa shape index (κ1) is 15.8. The molecule has 23 heavy (non-hydrogen) atoms. The number of β-amino-alcohol motifs (C(OH)–C–C–N with tert-alkyl or cyclic N) is 1. The molecule has 1 fully saturated rings. The van der Waals surface area contributed by atoms with Crippen molar-refractivity contribution in [2.24, 2.45) is 5.10 Å². The third-order valence-corrected chi connectivity index (χ3v) is 4.13. The molecule has 7 heteroatoms. The van der Waals surface area contributed by atoms with Crippen LogP contribution in [0.2, 0.25) is 0 Å². The highest BCUT2D eigenvalue weighted by Crippen LogP contribution is 2.22. The molecule has 1 aromatic heterocycles. The lowest BCUT2D eigenvalue weighted by Crippen LogP contribution is -2.48. The van der Waals surface area contributed by atoms with E-state index in [0.717, 1.165) is 62.1 Å². The van der Waals surface area contributed by atoms with Crippen LogP contribution in [-0.4, -0.2) is 71.5 Å². The average Bonchev–Trinajstić information content (AvgIpc) is 2.60. The summed E-state index contributed by atoms with van der Waals surface area (Å²) in [7, 11) is 0. The van der Waals surface area contributed by atoms with Crippen LogP contribution in [-0.2, 0) is 0 Å². The smallest absolute Gasteiger partial charge is 0.146 e. The minimum absolute atomic E-state index is 0.210. The molecule has 124 valence electrons. The quantitative estimate of drug-likeness (QED) is 0.758. The Morgan fingerprint density at radius 1 is 1.39 bits per heavy atom. The number of piperazine rings is 1. The van der Waals surface area contributed by atoms with E-state index in [9.17, 15) is 0 Å². The Morgan fingerprint density at radius 2 is 2.22 bits per heavy atom. The number of ether oxygens (including phenoxy) is 1. The Bertz CT molecular complexity index is 582. The molecule has 7 nitrogen and oxygen atoms in total. The van der Waals surface area contributed by atoms with Crippen LogP contribution in [0.5, 0.6) is 5.75 Å². The average molecular weight is 317 g/mol. The van der Waals surface area contributed by atoms with Crippen molar-refractivity contribution in [2.45, 2.75) is 6.42 Å². The molecule has 0 radical (unpaired) electrons. The predicted octanol–water partition coefficient (Wildman–Crippen LogP) is 0.239. The van der Waals surface area contributed by atoms with Crippen molar-refractivity contribution in [3.63, 3.8) is 0 Å². The van der Waals surface area contributed by atoms with Crippen LogP contribution in [0.3, 0.4) is 0 Å². The van der Waals surface area contributed by atoms with E-state index < -0.39 is 0 Å². The lowest BCUT2D eigenvalue weighted by molar-refractivity contribution is 0.128. The molecular weight excluding hydrogens is 294 g/mol. The number of fused-ring (bicyclic) bond motifs is 1. The standard InChI is InChI=1S/C16H23N5O2/c1-13(21-8-6-20(7-9-21)10-11-22)18-19-14-4-12-23-15-3-2-5-17-16(14)15/h2-3,5,18,22H,1,4,6-12H2/b19-14-. The first-order chi connectivity index (χ1) is 11.3. The Labute approximate surface area is 136 Å². The summed E-state index contributed by atoms with van der Waals surface area (Å²) in [6, 6.07) is 3.77. The van der Waals surface area contributed by atoms with Gasteiger partial charge in [-0.3, -0.25) is 15.3 Å². The monoisotopic (exact) mass is 317 g/mol. The molecule has 3 heterocycles. The first-order valence-electron chi connectivity index (χ1n) is 7.96. The molecule has 2 N–H and O–H groups in total. The van der Waals surface area contributed by atoms with Crippen molar-refractivity contribution in [3.8, 4) is 5.75 Å². The van der Waals surface area contributed by atoms with E-state index >= 15 is 0 Å². The van der Waals surface area contributed by atoms with Gasteiger partial charge in [-0.1, -0.05) is 6.58 Å². The number of hydrazone groups is 1. The Kier molecular flexibility index (Phi) is 5.09. The van der Waals surface area contributed by atoms with E-state index in [0.29, 0.717) is 6.61 Å². The summed E-state index contributed by atoms with van der Waals surface area (Å²) in [6.45, 7) is 9.26. The third-order valence-electron chi connectivity index (χ3n) is 4.13. The van der Waals surface area contributed by atoms with Gasteiger partial charge in [0.15, 0.2) is 0 Å². The van der Waals surface area contributed by atoms with Crippen molar-refractivity contribution in [3.05, 3.63) is 36.4 Å². The van der Waals surface area contributed by atoms with E-state index in [1.807, 2.05) is 12.1 Å². The highest BCUT2D eigenvalue weighted by atomic mass is 16.5. The largest absolute Gasteiger partial charge is 0.491 e. The summed E-state index contributed by atoms with van der Waals surface area (Å²) < 4.78 is 5.58. The van der Waals surface area contributed by atoms with E-state index in [4.69, 9.17) is 9.84 Å². The molecule has 0 amide bonds. The number of aliphatic hydroxyl groups excluding tert-OH is 1. The van der Waals surface area contributed by atoms with Gasteiger partial charge >= 0.3 is 0 Å². The fourth-order valence-corrected chi connectivity index (χ4v) is 2.79. The lowest BCUT2D eigenvalue weighted by Gasteiger charge is -2.36. The van der Waals surface area contributed by atoms with Gasteiger partial charge in [0, 0.05) is 45.3 Å². The minimum atomic E-state index is 0.210. The Balaban J connectivity index is 1.57. The van der Waals surface area contributed by atoms with E-state index in [1.54, 1.807) is 6.20 Å². The first-order valence-corrected chi connectivity index (χ1v) is 7.96. The number of nitrogens with one attached hydrogen (secondary N) is 1. The van der Waals surface area contributed by atoms with Crippen LogP contribution < -0.4 is 10.2 Å². The minimum Gasteiger partial charge on any atom is -0.491 e. The Morgan fingerprint density at radius 3 is 3.00 bits per heavy atom. The van der Waals surface area contributed by atoms with Crippen LogP contribution in [0.25, 0.3) is 0 Å². The van der Waals surface area contributed by atoms with Crippen LogP contribution >= 0.6 is 0 Å². The molecule has 0 aliphatic carbocycles. The number of nitrogens with zero attached hydrogens (tertiary/aromatic N) is 4. The summed E-state index contributed by atoms with van der Waals surface area (Å²) in [6.07, 6.45) is 2.48. The molecule has 0 bridgehead atoms. The highest BCUT2D eigenvalue weighted by Gasteiger charge is 2.19. The molecule has 0 atom stereocenters. The van der Waals surface area contributed by atoms with Crippen LogP contribution in [0.1, 0.15) is 12.1 Å². The fourth-order valence-electron chi connectivity index (χ4n) is 2.79. The SMILES string of the molecule is C=C(N/N=C1/CCOc2cccnc21)N1CCN(CCO)CC1. The summed E-state index contributed by atoms with van der Waals surface area (Å²) >= 11 is 0. The Hall–Kier alpha value is -2.12. The lowest BCUT2D eigenvalue weighted by atomic mass is 10.1. The van der Waals surface area contributed by atoms with Crippen LogP contribution in [0.15, 0.2) is 35.8 Å². The van der Waals surface area contributed by atoms with Gasteiger partial charge in [-0.15, -0.1) is 0 Å². The molecule has 3 rings (SSSR count). The van der Waals surface area contributed by atoms with E-state index in [2.05, 4.69) is 31.9 Å². The molecule has 0 unspecified atom stereocenters. The second kappa shape index (κ2) is 7.43. The second-order valence-electron chi connectivity index (χ2n) is 5.62. The number of rotatable bonds is 5. The maximum atomic E-state index is 8.98. The van der Waals surface area contributed by atoms with Crippen molar-refractivity contribution >= 4 is 5.71 Å². The summed E-state index contributed by atoms with van der Waals surface area (Å²) in [5.74, 6) is 1.58. The van der Waals surface area contributed by atoms with Crippen molar-refractivity contribution in [1.82, 2.24) is 20.2 Å². The predicted molar refractivity (Wildman–Crippen MR) is 88.3 cm³/mol. The molecular formula is C16H23N5O2. The molecule has 0 aromatic carbocycles. The van der Waals surface area contributed by atoms with Gasteiger partial charge in [0.2, 0.25) is 0 Å². The molecule has 0 spiro atoms. The molecule has 2 aliphatic rings. The van der Waals surface area contributed by atoms with Gasteiger partial charge in [0.25, 0.3) is 0 Å². The van der Waals surface area contributed by atoms with Gasteiger partial charge in [-0.05, 0) is 12.1 Å². The molecule has 2 aliphatic heterocycles. The highest BCUT2D eigenvalue weighted by molar-refractivity contribution is 6.01. The second-order valence-corrected chi connectivity index (χ2v) is 5.62.